The predicted octanol–water partition coefficient (Wildman–Crippen LogP) is 4.18. The summed E-state index contributed by atoms with van der Waals surface area (Å²) >= 11 is 1.34. The summed E-state index contributed by atoms with van der Waals surface area (Å²) in [4.78, 5) is 35.0. The first-order chi connectivity index (χ1) is 13.5. The van der Waals surface area contributed by atoms with Gasteiger partial charge in [0.05, 0.1) is 21.8 Å². The quantitative estimate of drug-likeness (QED) is 0.632. The fraction of sp³-hybridized carbons (Fsp3) is 0.278. The van der Waals surface area contributed by atoms with Crippen molar-refractivity contribution in [2.24, 2.45) is 0 Å². The first kappa shape index (κ1) is 24.0. The molecular weight excluding hydrogens is 413 g/mol. The van der Waals surface area contributed by atoms with Crippen molar-refractivity contribution in [3.8, 4) is 0 Å². The SMILES string of the molecule is CCN(CC)c1ccc(C(=O)O)cc1NC(=O)c1cccs1.O=C(O)C(F)(F)F. The van der Waals surface area contributed by atoms with Gasteiger partial charge in [0.25, 0.3) is 5.91 Å². The minimum absolute atomic E-state index is 0.150. The maximum absolute atomic E-state index is 12.2. The summed E-state index contributed by atoms with van der Waals surface area (Å²) in [5.41, 5.74) is 1.49. The Kier molecular flexibility index (Phi) is 8.64. The van der Waals surface area contributed by atoms with Gasteiger partial charge in [0.15, 0.2) is 0 Å². The molecule has 1 aromatic heterocycles. The number of carboxylic acids is 2. The Bertz CT molecular complexity index is 850. The number of benzene rings is 1. The highest BCUT2D eigenvalue weighted by molar-refractivity contribution is 7.12. The number of nitrogens with zero attached hydrogens (tertiary/aromatic N) is 1. The standard InChI is InChI=1S/C16H18N2O3S.C2HF3O2/c1-3-18(4-2)13-8-7-11(16(20)21)10-12(13)17-15(19)14-6-5-9-22-14;3-2(4,5)1(6)7/h5-10H,3-4H2,1-2H3,(H,17,19)(H,20,21);(H,6,7). The van der Waals surface area contributed by atoms with Gasteiger partial charge in [-0.15, -0.1) is 11.3 Å². The topological polar surface area (TPSA) is 107 Å². The van der Waals surface area contributed by atoms with Gasteiger partial charge in [-0.2, -0.15) is 13.2 Å². The van der Waals surface area contributed by atoms with Crippen molar-refractivity contribution in [3.05, 3.63) is 46.2 Å². The molecule has 0 spiro atoms. The van der Waals surface area contributed by atoms with E-state index in [1.54, 1.807) is 24.3 Å². The van der Waals surface area contributed by atoms with Gasteiger partial charge in [0.1, 0.15) is 0 Å². The Balaban J connectivity index is 0.000000516. The molecule has 0 saturated heterocycles. The molecule has 29 heavy (non-hydrogen) atoms. The van der Waals surface area contributed by atoms with E-state index in [1.807, 2.05) is 19.2 Å². The van der Waals surface area contributed by atoms with Crippen LogP contribution in [-0.2, 0) is 4.79 Å². The summed E-state index contributed by atoms with van der Waals surface area (Å²) in [6.45, 7) is 5.56. The lowest BCUT2D eigenvalue weighted by atomic mass is 10.1. The van der Waals surface area contributed by atoms with Crippen LogP contribution in [0.3, 0.4) is 0 Å². The molecule has 158 valence electrons. The lowest BCUT2D eigenvalue weighted by Gasteiger charge is -2.24. The Morgan fingerprint density at radius 2 is 1.69 bits per heavy atom. The minimum atomic E-state index is -5.08. The number of nitrogens with one attached hydrogen (secondary N) is 1. The highest BCUT2D eigenvalue weighted by Gasteiger charge is 2.38. The maximum atomic E-state index is 12.2. The summed E-state index contributed by atoms with van der Waals surface area (Å²) in [5.74, 6) is -4.00. The highest BCUT2D eigenvalue weighted by atomic mass is 32.1. The van der Waals surface area contributed by atoms with Crippen molar-refractivity contribution >= 4 is 40.6 Å². The lowest BCUT2D eigenvalue weighted by molar-refractivity contribution is -0.192. The fourth-order valence-electron chi connectivity index (χ4n) is 2.20. The molecule has 0 aliphatic heterocycles. The number of carbonyl (C=O) groups is 3. The van der Waals surface area contributed by atoms with Crippen LogP contribution in [0.2, 0.25) is 0 Å². The van der Waals surface area contributed by atoms with Gasteiger partial charge in [-0.1, -0.05) is 6.07 Å². The monoisotopic (exact) mass is 432 g/mol. The van der Waals surface area contributed by atoms with Gasteiger partial charge >= 0.3 is 18.1 Å². The zero-order valence-corrected chi connectivity index (χ0v) is 16.3. The molecule has 11 heteroatoms. The van der Waals surface area contributed by atoms with Gasteiger partial charge in [0, 0.05) is 13.1 Å². The van der Waals surface area contributed by atoms with Crippen molar-refractivity contribution < 1.29 is 37.8 Å². The van der Waals surface area contributed by atoms with Crippen LogP contribution in [0.1, 0.15) is 33.9 Å². The van der Waals surface area contributed by atoms with E-state index in [0.29, 0.717) is 10.6 Å². The zero-order valence-electron chi connectivity index (χ0n) is 15.5. The number of hydrogen-bond acceptors (Lipinski definition) is 5. The maximum Gasteiger partial charge on any atom is 0.490 e. The van der Waals surface area contributed by atoms with Crippen molar-refractivity contribution in [3.63, 3.8) is 0 Å². The number of halogens is 3. The Labute approximate surface area is 168 Å². The fourth-order valence-corrected chi connectivity index (χ4v) is 2.82. The normalized spacial score (nSPS) is 10.5. The van der Waals surface area contributed by atoms with E-state index in [0.717, 1.165) is 18.8 Å². The largest absolute Gasteiger partial charge is 0.490 e. The minimum Gasteiger partial charge on any atom is -0.478 e. The predicted molar refractivity (Wildman–Crippen MR) is 103 cm³/mol. The van der Waals surface area contributed by atoms with E-state index < -0.39 is 18.1 Å². The smallest absolute Gasteiger partial charge is 0.478 e. The van der Waals surface area contributed by atoms with Crippen LogP contribution in [0.4, 0.5) is 24.5 Å². The van der Waals surface area contributed by atoms with E-state index in [4.69, 9.17) is 15.0 Å². The Morgan fingerprint density at radius 1 is 1.10 bits per heavy atom. The van der Waals surface area contributed by atoms with E-state index >= 15 is 0 Å². The molecule has 0 aliphatic carbocycles. The number of thiophene rings is 1. The summed E-state index contributed by atoms with van der Waals surface area (Å²) in [7, 11) is 0. The number of anilines is 2. The van der Waals surface area contributed by atoms with Crippen molar-refractivity contribution in [2.45, 2.75) is 20.0 Å². The number of carboxylic acid groups (broad SMARTS) is 2. The first-order valence-corrected chi connectivity index (χ1v) is 9.16. The van der Waals surface area contributed by atoms with Crippen molar-refractivity contribution in [2.75, 3.05) is 23.3 Å². The van der Waals surface area contributed by atoms with Crippen LogP contribution in [-0.4, -0.2) is 47.3 Å². The second-order valence-corrected chi connectivity index (χ2v) is 6.39. The van der Waals surface area contributed by atoms with Crippen LogP contribution < -0.4 is 10.2 Å². The first-order valence-electron chi connectivity index (χ1n) is 8.28. The van der Waals surface area contributed by atoms with Gasteiger partial charge in [0.2, 0.25) is 0 Å². The molecule has 1 amide bonds. The molecule has 2 aromatic rings. The second kappa shape index (κ2) is 10.5. The Morgan fingerprint density at radius 3 is 2.10 bits per heavy atom. The van der Waals surface area contributed by atoms with Crippen molar-refractivity contribution in [1.82, 2.24) is 0 Å². The molecule has 2 rings (SSSR count). The molecule has 7 nitrogen and oxygen atoms in total. The molecule has 0 saturated carbocycles. The number of alkyl halides is 3. The molecule has 0 unspecified atom stereocenters. The average Bonchev–Trinajstić information content (AvgIpc) is 3.18. The number of amides is 1. The molecule has 1 heterocycles. The van der Waals surface area contributed by atoms with Crippen LogP contribution in [0, 0.1) is 0 Å². The number of rotatable bonds is 6. The summed E-state index contributed by atoms with van der Waals surface area (Å²) < 4.78 is 31.7. The third-order valence-electron chi connectivity index (χ3n) is 3.58. The number of hydrogen-bond donors (Lipinski definition) is 3. The summed E-state index contributed by atoms with van der Waals surface area (Å²) in [5, 5.41) is 20.9. The molecular formula is C18H19F3N2O5S. The summed E-state index contributed by atoms with van der Waals surface area (Å²) in [6, 6.07) is 8.33. The zero-order chi connectivity index (χ0) is 22.2. The van der Waals surface area contributed by atoms with E-state index in [1.165, 1.54) is 17.4 Å². The number of aromatic carboxylic acids is 1. The third kappa shape index (κ3) is 7.11. The number of aliphatic carboxylic acids is 1. The van der Waals surface area contributed by atoms with Gasteiger partial charge in [-0.3, -0.25) is 4.79 Å². The van der Waals surface area contributed by atoms with Crippen LogP contribution in [0.5, 0.6) is 0 Å². The molecule has 0 fully saturated rings. The summed E-state index contributed by atoms with van der Waals surface area (Å²) in [6.07, 6.45) is -5.08. The van der Waals surface area contributed by atoms with E-state index in [9.17, 15) is 22.8 Å². The van der Waals surface area contributed by atoms with Crippen LogP contribution in [0.15, 0.2) is 35.7 Å². The highest BCUT2D eigenvalue weighted by Crippen LogP contribution is 2.28. The van der Waals surface area contributed by atoms with Gasteiger partial charge < -0.3 is 20.4 Å². The molecule has 0 atom stereocenters. The van der Waals surface area contributed by atoms with E-state index in [2.05, 4.69) is 10.2 Å². The molecule has 0 aliphatic rings. The van der Waals surface area contributed by atoms with Crippen LogP contribution >= 0.6 is 11.3 Å². The second-order valence-electron chi connectivity index (χ2n) is 5.44. The molecule has 1 aromatic carbocycles. The Hall–Kier alpha value is -3.08. The van der Waals surface area contributed by atoms with Gasteiger partial charge in [-0.05, 0) is 43.5 Å². The van der Waals surface area contributed by atoms with Crippen molar-refractivity contribution in [1.29, 1.82) is 0 Å². The lowest BCUT2D eigenvalue weighted by Crippen LogP contribution is -2.24. The van der Waals surface area contributed by atoms with E-state index in [-0.39, 0.29) is 11.5 Å². The third-order valence-corrected chi connectivity index (χ3v) is 4.45. The average molecular weight is 432 g/mol. The van der Waals surface area contributed by atoms with Crippen LogP contribution in [0.25, 0.3) is 0 Å². The number of carbonyl (C=O) groups excluding carboxylic acids is 1. The molecule has 3 N–H and O–H groups in total. The van der Waals surface area contributed by atoms with Gasteiger partial charge in [-0.25, -0.2) is 9.59 Å². The molecule has 0 radical (unpaired) electrons. The molecule has 0 bridgehead atoms.